The van der Waals surface area contributed by atoms with Gasteiger partial charge in [0, 0.05) is 42.9 Å². The van der Waals surface area contributed by atoms with E-state index in [2.05, 4.69) is 15.6 Å². The van der Waals surface area contributed by atoms with E-state index in [0.717, 1.165) is 10.4 Å². The number of benzene rings is 1. The molecule has 2 heterocycles. The minimum atomic E-state index is -0.343. The number of rotatable bonds is 6. The Kier molecular flexibility index (Phi) is 5.97. The number of anilines is 1. The van der Waals surface area contributed by atoms with Crippen molar-refractivity contribution in [1.82, 2.24) is 15.2 Å². The van der Waals surface area contributed by atoms with Crippen LogP contribution >= 0.6 is 11.3 Å². The minimum absolute atomic E-state index is 0.0374. The summed E-state index contributed by atoms with van der Waals surface area (Å²) in [5, 5.41) is 15.4. The van der Waals surface area contributed by atoms with E-state index in [-0.39, 0.29) is 24.5 Å². The third kappa shape index (κ3) is 4.46. The van der Waals surface area contributed by atoms with Gasteiger partial charge < -0.3 is 10.4 Å². The van der Waals surface area contributed by atoms with Crippen LogP contribution in [0.5, 0.6) is 0 Å². The Hall–Kier alpha value is -2.29. The van der Waals surface area contributed by atoms with Crippen LogP contribution in [0.2, 0.25) is 0 Å². The van der Waals surface area contributed by atoms with Crippen LogP contribution < -0.4 is 10.6 Å². The monoisotopic (exact) mass is 374 g/mol. The van der Waals surface area contributed by atoms with Crippen molar-refractivity contribution >= 4 is 28.3 Å². The summed E-state index contributed by atoms with van der Waals surface area (Å²) in [6.45, 7) is 3.75. The van der Waals surface area contributed by atoms with Crippen LogP contribution in [0.25, 0.3) is 0 Å². The number of nitrogens with zero attached hydrogens (tertiary/aromatic N) is 2. The molecule has 0 aliphatic carbocycles. The molecule has 7 nitrogen and oxygen atoms in total. The highest BCUT2D eigenvalue weighted by atomic mass is 32.1. The average Bonchev–Trinajstić information content (AvgIpc) is 3.03. The number of aliphatic hydroxyl groups is 1. The van der Waals surface area contributed by atoms with Crippen molar-refractivity contribution in [3.05, 3.63) is 46.5 Å². The molecule has 1 aliphatic rings. The van der Waals surface area contributed by atoms with Crippen molar-refractivity contribution < 1.29 is 14.7 Å². The maximum absolute atomic E-state index is 12.4. The number of piperazine rings is 1. The standard InChI is InChI=1S/C18H22N4O3S/c1-12-10-20-18(26-12)21-16(24)14-4-2-3-13(9-14)11-22-7-6-19-17(25)15(22)5-8-23/h2-4,9-10,15,23H,5-8,11H2,1H3,(H,19,25)(H,20,21,24)/t15-/m1/s1. The van der Waals surface area contributed by atoms with Gasteiger partial charge >= 0.3 is 0 Å². The van der Waals surface area contributed by atoms with Crippen LogP contribution in [-0.2, 0) is 11.3 Å². The van der Waals surface area contributed by atoms with Crippen molar-refractivity contribution in [2.24, 2.45) is 0 Å². The minimum Gasteiger partial charge on any atom is -0.396 e. The second-order valence-electron chi connectivity index (χ2n) is 6.22. The summed E-state index contributed by atoms with van der Waals surface area (Å²) in [7, 11) is 0. The lowest BCUT2D eigenvalue weighted by atomic mass is 10.1. The van der Waals surface area contributed by atoms with E-state index in [0.29, 0.717) is 36.8 Å². The number of aliphatic hydroxyl groups excluding tert-OH is 1. The van der Waals surface area contributed by atoms with Crippen molar-refractivity contribution in [2.75, 3.05) is 25.0 Å². The Morgan fingerprint density at radius 1 is 1.50 bits per heavy atom. The number of aromatic nitrogens is 1. The zero-order valence-corrected chi connectivity index (χ0v) is 15.4. The molecule has 1 aromatic carbocycles. The molecule has 1 fully saturated rings. The molecule has 1 saturated heterocycles. The smallest absolute Gasteiger partial charge is 0.257 e. The summed E-state index contributed by atoms with van der Waals surface area (Å²) in [6.07, 6.45) is 2.12. The van der Waals surface area contributed by atoms with Crippen LogP contribution in [0.3, 0.4) is 0 Å². The molecule has 2 aromatic rings. The molecule has 3 rings (SSSR count). The second-order valence-corrected chi connectivity index (χ2v) is 7.45. The van der Waals surface area contributed by atoms with Gasteiger partial charge in [-0.25, -0.2) is 4.98 Å². The zero-order chi connectivity index (χ0) is 18.5. The fraction of sp³-hybridized carbons (Fsp3) is 0.389. The van der Waals surface area contributed by atoms with E-state index in [4.69, 9.17) is 0 Å². The fourth-order valence-corrected chi connectivity index (χ4v) is 3.67. The number of carbonyl (C=O) groups is 2. The topological polar surface area (TPSA) is 94.6 Å². The van der Waals surface area contributed by atoms with E-state index in [9.17, 15) is 14.7 Å². The predicted octanol–water partition coefficient (Wildman–Crippen LogP) is 1.39. The first-order chi connectivity index (χ1) is 12.6. The zero-order valence-electron chi connectivity index (χ0n) is 14.6. The fourth-order valence-electron chi connectivity index (χ4n) is 3.01. The Labute approximate surface area is 156 Å². The Bertz CT molecular complexity index is 792. The maximum atomic E-state index is 12.4. The number of hydrogen-bond acceptors (Lipinski definition) is 6. The van der Waals surface area contributed by atoms with E-state index < -0.39 is 0 Å². The van der Waals surface area contributed by atoms with E-state index in [1.807, 2.05) is 30.0 Å². The molecule has 0 radical (unpaired) electrons. The van der Waals surface area contributed by atoms with Gasteiger partial charge in [0.25, 0.3) is 5.91 Å². The number of aryl methyl sites for hydroxylation is 1. The van der Waals surface area contributed by atoms with Gasteiger partial charge in [0.15, 0.2) is 5.13 Å². The third-order valence-electron chi connectivity index (χ3n) is 4.26. The lowest BCUT2D eigenvalue weighted by molar-refractivity contribution is -0.129. The molecular weight excluding hydrogens is 352 g/mol. The van der Waals surface area contributed by atoms with Gasteiger partial charge in [-0.3, -0.25) is 19.8 Å². The van der Waals surface area contributed by atoms with Crippen LogP contribution in [0.4, 0.5) is 5.13 Å². The highest BCUT2D eigenvalue weighted by molar-refractivity contribution is 7.15. The highest BCUT2D eigenvalue weighted by Crippen LogP contribution is 2.19. The van der Waals surface area contributed by atoms with Gasteiger partial charge in [-0.1, -0.05) is 12.1 Å². The van der Waals surface area contributed by atoms with Gasteiger partial charge in [0.2, 0.25) is 5.91 Å². The van der Waals surface area contributed by atoms with Crippen LogP contribution in [0.1, 0.15) is 27.2 Å². The summed E-state index contributed by atoms with van der Waals surface area (Å²) in [5.41, 5.74) is 1.50. The predicted molar refractivity (Wildman–Crippen MR) is 100 cm³/mol. The molecule has 1 aliphatic heterocycles. The molecule has 26 heavy (non-hydrogen) atoms. The second kappa shape index (κ2) is 8.39. The summed E-state index contributed by atoms with van der Waals surface area (Å²) in [4.78, 5) is 31.7. The van der Waals surface area contributed by atoms with Crippen LogP contribution in [-0.4, -0.2) is 52.5 Å². The largest absolute Gasteiger partial charge is 0.396 e. The number of nitrogens with one attached hydrogen (secondary N) is 2. The van der Waals surface area contributed by atoms with Gasteiger partial charge in [0.05, 0.1) is 6.04 Å². The lowest BCUT2D eigenvalue weighted by Gasteiger charge is -2.34. The molecule has 0 unspecified atom stereocenters. The molecule has 138 valence electrons. The first-order valence-electron chi connectivity index (χ1n) is 8.52. The quantitative estimate of drug-likeness (QED) is 0.710. The molecule has 0 bridgehead atoms. The molecule has 0 saturated carbocycles. The summed E-state index contributed by atoms with van der Waals surface area (Å²) >= 11 is 1.43. The van der Waals surface area contributed by atoms with Crippen molar-refractivity contribution in [2.45, 2.75) is 25.9 Å². The molecular formula is C18H22N4O3S. The van der Waals surface area contributed by atoms with Crippen molar-refractivity contribution in [1.29, 1.82) is 0 Å². The number of carbonyl (C=O) groups excluding carboxylic acids is 2. The number of thiazole rings is 1. The third-order valence-corrected chi connectivity index (χ3v) is 5.09. The Morgan fingerprint density at radius 2 is 2.35 bits per heavy atom. The van der Waals surface area contributed by atoms with E-state index in [1.165, 1.54) is 11.3 Å². The van der Waals surface area contributed by atoms with Crippen molar-refractivity contribution in [3.8, 4) is 0 Å². The van der Waals surface area contributed by atoms with Crippen LogP contribution in [0, 0.1) is 6.92 Å². The summed E-state index contributed by atoms with van der Waals surface area (Å²) in [6, 6.07) is 7.02. The Morgan fingerprint density at radius 3 is 3.08 bits per heavy atom. The maximum Gasteiger partial charge on any atom is 0.257 e. The number of hydrogen-bond donors (Lipinski definition) is 3. The molecule has 8 heteroatoms. The van der Waals surface area contributed by atoms with E-state index in [1.54, 1.807) is 12.3 Å². The van der Waals surface area contributed by atoms with Crippen LogP contribution in [0.15, 0.2) is 30.5 Å². The van der Waals surface area contributed by atoms with Crippen molar-refractivity contribution in [3.63, 3.8) is 0 Å². The summed E-state index contributed by atoms with van der Waals surface area (Å²) in [5.74, 6) is -0.261. The number of amides is 2. The first-order valence-corrected chi connectivity index (χ1v) is 9.34. The van der Waals surface area contributed by atoms with Gasteiger partial charge in [-0.15, -0.1) is 11.3 Å². The normalized spacial score (nSPS) is 17.8. The van der Waals surface area contributed by atoms with Gasteiger partial charge in [0.1, 0.15) is 0 Å². The molecule has 1 atom stereocenters. The molecule has 2 amide bonds. The molecule has 3 N–H and O–H groups in total. The highest BCUT2D eigenvalue weighted by Gasteiger charge is 2.29. The Balaban J connectivity index is 1.70. The molecule has 0 spiro atoms. The SMILES string of the molecule is Cc1cnc(NC(=O)c2cccc(CN3CCNC(=O)[C@H]3CCO)c2)s1. The molecule has 1 aromatic heterocycles. The lowest BCUT2D eigenvalue weighted by Crippen LogP contribution is -2.55. The summed E-state index contributed by atoms with van der Waals surface area (Å²) < 4.78 is 0. The van der Waals surface area contributed by atoms with E-state index >= 15 is 0 Å². The first kappa shape index (κ1) is 18.5. The average molecular weight is 374 g/mol. The van der Waals surface area contributed by atoms with Gasteiger partial charge in [-0.05, 0) is 31.0 Å². The van der Waals surface area contributed by atoms with Gasteiger partial charge in [-0.2, -0.15) is 0 Å².